The van der Waals surface area contributed by atoms with Gasteiger partial charge in [-0.25, -0.2) is 0 Å². The zero-order chi connectivity index (χ0) is 11.8. The molecular formula is C15H24O2. The quantitative estimate of drug-likeness (QED) is 0.701. The fourth-order valence-corrected chi connectivity index (χ4v) is 4.52. The Hall–Kier alpha value is -0.340. The molecule has 6 atom stereocenters. The molecule has 0 aromatic carbocycles. The summed E-state index contributed by atoms with van der Waals surface area (Å²) < 4.78 is 11.8. The maximum absolute atomic E-state index is 6.01. The number of rotatable bonds is 3. The van der Waals surface area contributed by atoms with Crippen molar-refractivity contribution in [1.29, 1.82) is 0 Å². The van der Waals surface area contributed by atoms with E-state index in [-0.39, 0.29) is 0 Å². The van der Waals surface area contributed by atoms with Crippen LogP contribution in [0.1, 0.15) is 32.6 Å². The summed E-state index contributed by atoms with van der Waals surface area (Å²) in [5.41, 5.74) is 0. The molecule has 0 aromatic heterocycles. The third-order valence-electron chi connectivity index (χ3n) is 5.15. The number of hydrogen-bond donors (Lipinski definition) is 0. The fourth-order valence-electron chi connectivity index (χ4n) is 4.52. The largest absolute Gasteiger partial charge is 0.381 e. The van der Waals surface area contributed by atoms with E-state index in [1.165, 1.54) is 25.7 Å². The monoisotopic (exact) mass is 236 g/mol. The smallest absolute Gasteiger partial charge is 0.0613 e. The second-order valence-corrected chi connectivity index (χ2v) is 5.79. The van der Waals surface area contributed by atoms with Crippen LogP contribution < -0.4 is 0 Å². The van der Waals surface area contributed by atoms with Crippen LogP contribution in [0, 0.1) is 23.7 Å². The van der Waals surface area contributed by atoms with Crippen molar-refractivity contribution in [3.63, 3.8) is 0 Å². The molecule has 17 heavy (non-hydrogen) atoms. The van der Waals surface area contributed by atoms with E-state index in [1.54, 1.807) is 0 Å². The number of methoxy groups -OCH3 is 1. The second kappa shape index (κ2) is 4.74. The Kier molecular flexibility index (Phi) is 3.27. The number of fused-ring (bicyclic) bond motifs is 1. The highest BCUT2D eigenvalue weighted by atomic mass is 16.5. The molecule has 2 fully saturated rings. The molecule has 4 aliphatic rings. The topological polar surface area (TPSA) is 18.5 Å². The SMILES string of the molecule is CCO[C@@H]1CC[C@H](OC)C2C1[C@H]1C=C[C@@H]2CC1. The Labute approximate surface area is 104 Å². The lowest BCUT2D eigenvalue weighted by Crippen LogP contribution is -2.52. The van der Waals surface area contributed by atoms with E-state index in [9.17, 15) is 0 Å². The maximum Gasteiger partial charge on any atom is 0.0613 e. The Morgan fingerprint density at radius 2 is 1.53 bits per heavy atom. The highest BCUT2D eigenvalue weighted by Gasteiger charge is 2.50. The summed E-state index contributed by atoms with van der Waals surface area (Å²) in [6.07, 6.45) is 11.0. The lowest BCUT2D eigenvalue weighted by molar-refractivity contribution is -0.129. The highest BCUT2D eigenvalue weighted by molar-refractivity contribution is 5.14. The molecule has 0 heterocycles. The lowest BCUT2D eigenvalue weighted by atomic mass is 9.56. The zero-order valence-electron chi connectivity index (χ0n) is 11.0. The van der Waals surface area contributed by atoms with Crippen LogP contribution in [0.25, 0.3) is 0 Å². The molecule has 4 aliphatic carbocycles. The van der Waals surface area contributed by atoms with Crippen LogP contribution in [0.15, 0.2) is 12.2 Å². The van der Waals surface area contributed by atoms with Crippen molar-refractivity contribution in [2.75, 3.05) is 13.7 Å². The van der Waals surface area contributed by atoms with Crippen LogP contribution in [0.3, 0.4) is 0 Å². The average Bonchev–Trinajstić information content (AvgIpc) is 2.40. The molecule has 2 nitrogen and oxygen atoms in total. The van der Waals surface area contributed by atoms with E-state index < -0.39 is 0 Å². The molecule has 0 spiro atoms. The Morgan fingerprint density at radius 1 is 0.941 bits per heavy atom. The molecule has 96 valence electrons. The van der Waals surface area contributed by atoms with Gasteiger partial charge in [0.15, 0.2) is 0 Å². The third-order valence-corrected chi connectivity index (χ3v) is 5.15. The van der Waals surface area contributed by atoms with Crippen molar-refractivity contribution < 1.29 is 9.47 Å². The van der Waals surface area contributed by atoms with Gasteiger partial charge in [-0.2, -0.15) is 0 Å². The van der Waals surface area contributed by atoms with Crippen LogP contribution in [0.5, 0.6) is 0 Å². The van der Waals surface area contributed by atoms with Crippen LogP contribution in [0.4, 0.5) is 0 Å². The molecule has 2 bridgehead atoms. The average molecular weight is 236 g/mol. The van der Waals surface area contributed by atoms with Crippen molar-refractivity contribution in [3.05, 3.63) is 12.2 Å². The van der Waals surface area contributed by atoms with Crippen molar-refractivity contribution in [2.45, 2.75) is 44.8 Å². The van der Waals surface area contributed by atoms with Gasteiger partial charge < -0.3 is 9.47 Å². The van der Waals surface area contributed by atoms with Crippen molar-refractivity contribution in [2.24, 2.45) is 23.7 Å². The van der Waals surface area contributed by atoms with E-state index in [0.29, 0.717) is 18.1 Å². The first-order valence-corrected chi connectivity index (χ1v) is 7.18. The van der Waals surface area contributed by atoms with Gasteiger partial charge in [0.2, 0.25) is 0 Å². The normalized spacial score (nSPS) is 48.1. The van der Waals surface area contributed by atoms with Crippen LogP contribution >= 0.6 is 0 Å². The molecule has 0 amide bonds. The summed E-state index contributed by atoms with van der Waals surface area (Å²) in [7, 11) is 1.88. The van der Waals surface area contributed by atoms with Crippen LogP contribution in [0.2, 0.25) is 0 Å². The minimum Gasteiger partial charge on any atom is -0.381 e. The van der Waals surface area contributed by atoms with Crippen molar-refractivity contribution in [3.8, 4) is 0 Å². The predicted molar refractivity (Wildman–Crippen MR) is 67.8 cm³/mol. The summed E-state index contributed by atoms with van der Waals surface area (Å²) in [5.74, 6) is 2.93. The van der Waals surface area contributed by atoms with Gasteiger partial charge in [0.1, 0.15) is 0 Å². The third kappa shape index (κ3) is 1.86. The molecule has 2 saturated carbocycles. The number of ether oxygens (including phenoxy) is 2. The van der Waals surface area contributed by atoms with Gasteiger partial charge in [-0.3, -0.25) is 0 Å². The van der Waals surface area contributed by atoms with Crippen molar-refractivity contribution in [1.82, 2.24) is 0 Å². The van der Waals surface area contributed by atoms with Gasteiger partial charge in [-0.15, -0.1) is 0 Å². The van der Waals surface area contributed by atoms with Gasteiger partial charge >= 0.3 is 0 Å². The summed E-state index contributed by atoms with van der Waals surface area (Å²) in [4.78, 5) is 0. The van der Waals surface area contributed by atoms with Gasteiger partial charge in [0.25, 0.3) is 0 Å². The van der Waals surface area contributed by atoms with Crippen LogP contribution in [-0.2, 0) is 9.47 Å². The molecule has 4 rings (SSSR count). The molecule has 0 saturated heterocycles. The zero-order valence-corrected chi connectivity index (χ0v) is 11.0. The van der Waals surface area contributed by atoms with E-state index >= 15 is 0 Å². The summed E-state index contributed by atoms with van der Waals surface area (Å²) in [6.45, 7) is 2.97. The molecule has 2 heteroatoms. The van der Waals surface area contributed by atoms with Gasteiger partial charge in [0, 0.05) is 13.7 Å². The molecule has 0 aromatic rings. The van der Waals surface area contributed by atoms with E-state index in [0.717, 1.165) is 24.4 Å². The van der Waals surface area contributed by atoms with E-state index in [4.69, 9.17) is 9.47 Å². The standard InChI is InChI=1S/C15H24O2/c1-3-17-13-9-8-12(16-2)14-10-4-6-11(7-5-10)15(13)14/h4,6,10-15H,3,5,7-9H2,1-2H3/t10-,11+,12+,13-,14?,15?/m1/s1. The van der Waals surface area contributed by atoms with E-state index in [1.807, 2.05) is 7.11 Å². The van der Waals surface area contributed by atoms with Crippen molar-refractivity contribution >= 4 is 0 Å². The molecule has 0 N–H and O–H groups in total. The molecule has 2 unspecified atom stereocenters. The Morgan fingerprint density at radius 3 is 2.06 bits per heavy atom. The maximum atomic E-state index is 6.01. The molecule has 0 aliphatic heterocycles. The number of hydrogen-bond acceptors (Lipinski definition) is 2. The highest BCUT2D eigenvalue weighted by Crippen LogP contribution is 2.52. The summed E-state index contributed by atoms with van der Waals surface area (Å²) in [6, 6.07) is 0. The summed E-state index contributed by atoms with van der Waals surface area (Å²) >= 11 is 0. The van der Waals surface area contributed by atoms with E-state index in [2.05, 4.69) is 19.1 Å². The van der Waals surface area contributed by atoms with Gasteiger partial charge in [0.05, 0.1) is 12.2 Å². The second-order valence-electron chi connectivity index (χ2n) is 5.79. The first-order chi connectivity index (χ1) is 8.35. The van der Waals surface area contributed by atoms with Gasteiger partial charge in [-0.1, -0.05) is 12.2 Å². The molecule has 0 radical (unpaired) electrons. The Bertz CT molecular complexity index is 299. The lowest BCUT2D eigenvalue weighted by Gasteiger charge is -2.53. The van der Waals surface area contributed by atoms with Crippen LogP contribution in [-0.4, -0.2) is 25.9 Å². The fraction of sp³-hybridized carbons (Fsp3) is 0.867. The minimum absolute atomic E-state index is 0.467. The molecular weight excluding hydrogens is 212 g/mol. The predicted octanol–water partition coefficient (Wildman–Crippen LogP) is 3.03. The Balaban J connectivity index is 1.86. The van der Waals surface area contributed by atoms with Gasteiger partial charge in [-0.05, 0) is 56.3 Å². The summed E-state index contributed by atoms with van der Waals surface area (Å²) in [5, 5.41) is 0. The minimum atomic E-state index is 0.467. The first-order valence-electron chi connectivity index (χ1n) is 7.18. The first kappa shape index (κ1) is 11.7. The number of allylic oxidation sites excluding steroid dienone is 2.